The molecule has 0 saturated carbocycles. The Morgan fingerprint density at radius 1 is 1.29 bits per heavy atom. The van der Waals surface area contributed by atoms with E-state index in [1.54, 1.807) is 11.3 Å². The van der Waals surface area contributed by atoms with E-state index >= 15 is 0 Å². The molecule has 2 aromatic rings. The number of thiophene rings is 1. The van der Waals surface area contributed by atoms with Crippen LogP contribution < -0.4 is 10.6 Å². The van der Waals surface area contributed by atoms with Gasteiger partial charge in [0.15, 0.2) is 6.04 Å². The van der Waals surface area contributed by atoms with Crippen molar-refractivity contribution in [3.8, 4) is 0 Å². The lowest BCUT2D eigenvalue weighted by Gasteiger charge is -2.22. The number of nitrogens with one attached hydrogen (secondary N) is 1. The molecule has 1 aliphatic rings. The summed E-state index contributed by atoms with van der Waals surface area (Å²) in [7, 11) is 0. The van der Waals surface area contributed by atoms with Crippen LogP contribution in [0.1, 0.15) is 29.0 Å². The van der Waals surface area contributed by atoms with E-state index in [1.807, 2.05) is 23.7 Å². The van der Waals surface area contributed by atoms with Crippen molar-refractivity contribution in [2.45, 2.75) is 25.9 Å². The summed E-state index contributed by atoms with van der Waals surface area (Å²) in [6, 6.07) is 11.9. The smallest absolute Gasteiger partial charge is 0.324 e. The largest absolute Gasteiger partial charge is 0.336 e. The van der Waals surface area contributed by atoms with Crippen LogP contribution in [0.3, 0.4) is 0 Å². The minimum Gasteiger partial charge on any atom is -0.336 e. The highest BCUT2D eigenvalue weighted by Gasteiger charge is 2.33. The van der Waals surface area contributed by atoms with Gasteiger partial charge >= 0.3 is 6.03 Å². The maximum atomic E-state index is 12.6. The van der Waals surface area contributed by atoms with Crippen molar-refractivity contribution in [2.75, 3.05) is 13.1 Å². The van der Waals surface area contributed by atoms with E-state index < -0.39 is 0 Å². The number of benzene rings is 1. The third kappa shape index (κ3) is 3.49. The van der Waals surface area contributed by atoms with Crippen LogP contribution in [0.25, 0.3) is 0 Å². The van der Waals surface area contributed by atoms with Gasteiger partial charge in [-0.3, -0.25) is 9.69 Å². The molecule has 1 fully saturated rings. The highest BCUT2D eigenvalue weighted by atomic mass is 32.1. The third-order valence-electron chi connectivity index (χ3n) is 4.28. The number of amides is 3. The van der Waals surface area contributed by atoms with Crippen LogP contribution in [0.2, 0.25) is 0 Å². The maximum Gasteiger partial charge on any atom is 0.324 e. The van der Waals surface area contributed by atoms with Gasteiger partial charge in [0.05, 0.1) is 4.88 Å². The van der Waals surface area contributed by atoms with E-state index in [0.29, 0.717) is 13.1 Å². The van der Waals surface area contributed by atoms with Gasteiger partial charge in [-0.05, 0) is 25.3 Å². The summed E-state index contributed by atoms with van der Waals surface area (Å²) in [5.41, 5.74) is 2.37. The lowest BCUT2D eigenvalue weighted by atomic mass is 10.0. The lowest BCUT2D eigenvalue weighted by Crippen LogP contribution is -2.92. The Bertz CT molecular complexity index is 712. The second-order valence-corrected chi connectivity index (χ2v) is 7.09. The fourth-order valence-electron chi connectivity index (χ4n) is 2.91. The van der Waals surface area contributed by atoms with Gasteiger partial charge in [0, 0.05) is 18.7 Å². The summed E-state index contributed by atoms with van der Waals surface area (Å²) < 4.78 is 0. The van der Waals surface area contributed by atoms with Crippen molar-refractivity contribution >= 4 is 23.3 Å². The van der Waals surface area contributed by atoms with Gasteiger partial charge in [-0.15, -0.1) is 11.3 Å². The summed E-state index contributed by atoms with van der Waals surface area (Å²) in [6.45, 7) is 4.90. The van der Waals surface area contributed by atoms with Crippen LogP contribution in [0.5, 0.6) is 0 Å². The summed E-state index contributed by atoms with van der Waals surface area (Å²) in [5.74, 6) is -0.140. The van der Waals surface area contributed by atoms with Gasteiger partial charge in [-0.2, -0.15) is 0 Å². The van der Waals surface area contributed by atoms with Crippen LogP contribution in [-0.4, -0.2) is 36.0 Å². The first-order chi connectivity index (χ1) is 11.6. The Balaban J connectivity index is 1.80. The Morgan fingerprint density at radius 3 is 2.62 bits per heavy atom. The number of hydrogen-bond donors (Lipinski definition) is 2. The monoisotopic (exact) mass is 344 g/mol. The first kappa shape index (κ1) is 16.7. The van der Waals surface area contributed by atoms with Crippen LogP contribution in [0.15, 0.2) is 41.8 Å². The molecule has 0 bridgehead atoms. The molecule has 3 rings (SSSR count). The molecule has 0 spiro atoms. The van der Waals surface area contributed by atoms with Crippen molar-refractivity contribution < 1.29 is 14.9 Å². The van der Waals surface area contributed by atoms with Gasteiger partial charge in [-0.25, -0.2) is 4.79 Å². The number of carbonyl (C=O) groups is 2. The van der Waals surface area contributed by atoms with Gasteiger partial charge in [0.1, 0.15) is 6.04 Å². The summed E-state index contributed by atoms with van der Waals surface area (Å²) in [4.78, 5) is 26.8. The van der Waals surface area contributed by atoms with E-state index in [9.17, 15) is 9.59 Å². The second-order valence-electron chi connectivity index (χ2n) is 6.11. The maximum absolute atomic E-state index is 12.6. The van der Waals surface area contributed by atoms with Gasteiger partial charge < -0.3 is 10.6 Å². The molecule has 24 heavy (non-hydrogen) atoms. The first-order valence-corrected chi connectivity index (χ1v) is 8.98. The standard InChI is InChI=1S/C18H21N3O2S/c1-12-5-7-14(8-6-12)16(15-4-3-11-24-15)20-13(2)17(22)21-10-9-19-18(21)23/h3-8,11,13,16,20H,9-10H2,1-2H3,(H,19,23)/p+1/t13-,16-/m1/s1. The summed E-state index contributed by atoms with van der Waals surface area (Å²) in [6.07, 6.45) is 0. The molecule has 5 nitrogen and oxygen atoms in total. The number of urea groups is 1. The molecule has 3 amide bonds. The van der Waals surface area contributed by atoms with Gasteiger partial charge in [-0.1, -0.05) is 35.9 Å². The first-order valence-electron chi connectivity index (χ1n) is 8.10. The average Bonchev–Trinajstić information content (AvgIpc) is 3.24. The highest BCUT2D eigenvalue weighted by molar-refractivity contribution is 7.10. The minimum atomic E-state index is -0.331. The van der Waals surface area contributed by atoms with E-state index in [0.717, 1.165) is 5.56 Å². The van der Waals surface area contributed by atoms with Crippen molar-refractivity contribution in [3.63, 3.8) is 0 Å². The quantitative estimate of drug-likeness (QED) is 0.866. The molecular formula is C18H22N3O2S+. The average molecular weight is 344 g/mol. The predicted octanol–water partition coefficient (Wildman–Crippen LogP) is 1.65. The molecule has 3 N–H and O–H groups in total. The minimum absolute atomic E-state index is 0.0511. The number of carbonyl (C=O) groups excluding carboxylic acids is 2. The molecule has 1 aromatic carbocycles. The molecule has 6 heteroatoms. The molecule has 2 heterocycles. The van der Waals surface area contributed by atoms with Crippen molar-refractivity contribution in [1.29, 1.82) is 0 Å². The number of aryl methyl sites for hydroxylation is 1. The normalized spacial score (nSPS) is 16.8. The predicted molar refractivity (Wildman–Crippen MR) is 93.8 cm³/mol. The van der Waals surface area contributed by atoms with Crippen LogP contribution >= 0.6 is 11.3 Å². The number of quaternary nitrogens is 1. The van der Waals surface area contributed by atoms with Crippen molar-refractivity contribution in [3.05, 3.63) is 57.8 Å². The molecule has 126 valence electrons. The topological polar surface area (TPSA) is 66.0 Å². The Morgan fingerprint density at radius 2 is 2.04 bits per heavy atom. The number of rotatable bonds is 5. The fourth-order valence-corrected chi connectivity index (χ4v) is 3.74. The van der Waals surface area contributed by atoms with Crippen molar-refractivity contribution in [1.82, 2.24) is 10.2 Å². The van der Waals surface area contributed by atoms with E-state index in [4.69, 9.17) is 0 Å². The fraction of sp³-hybridized carbons (Fsp3) is 0.333. The molecule has 0 radical (unpaired) electrons. The Hall–Kier alpha value is -2.18. The van der Waals surface area contributed by atoms with Gasteiger partial charge in [0.25, 0.3) is 5.91 Å². The van der Waals surface area contributed by atoms with E-state index in [1.165, 1.54) is 15.3 Å². The number of nitrogens with zero attached hydrogens (tertiary/aromatic N) is 1. The third-order valence-corrected chi connectivity index (χ3v) is 5.24. The highest BCUT2D eigenvalue weighted by Crippen LogP contribution is 2.23. The molecule has 2 atom stereocenters. The number of nitrogens with two attached hydrogens (primary N) is 1. The second kappa shape index (κ2) is 7.15. The molecule has 1 aliphatic heterocycles. The molecule has 1 aromatic heterocycles. The Kier molecular flexibility index (Phi) is 4.97. The SMILES string of the molecule is Cc1ccc([C@@H]([NH2+][C@H](C)C(=O)N2CCNC2=O)c2cccs2)cc1. The molecular weight excluding hydrogens is 322 g/mol. The number of imide groups is 1. The lowest BCUT2D eigenvalue weighted by molar-refractivity contribution is -0.704. The zero-order chi connectivity index (χ0) is 17.1. The Labute approximate surface area is 145 Å². The molecule has 0 unspecified atom stereocenters. The van der Waals surface area contributed by atoms with Crippen molar-refractivity contribution in [2.24, 2.45) is 0 Å². The van der Waals surface area contributed by atoms with Crippen LogP contribution in [0.4, 0.5) is 4.79 Å². The summed E-state index contributed by atoms with van der Waals surface area (Å²) in [5, 5.41) is 6.77. The zero-order valence-corrected chi connectivity index (χ0v) is 14.7. The van der Waals surface area contributed by atoms with Crippen LogP contribution in [-0.2, 0) is 4.79 Å². The van der Waals surface area contributed by atoms with E-state index in [-0.39, 0.29) is 24.0 Å². The zero-order valence-electron chi connectivity index (χ0n) is 13.9. The number of hydrogen-bond acceptors (Lipinski definition) is 3. The van der Waals surface area contributed by atoms with Crippen LogP contribution in [0, 0.1) is 6.92 Å². The molecule has 0 aliphatic carbocycles. The molecule has 1 saturated heterocycles. The van der Waals surface area contributed by atoms with Gasteiger partial charge in [0.2, 0.25) is 0 Å². The van der Waals surface area contributed by atoms with E-state index in [2.05, 4.69) is 42.6 Å². The summed E-state index contributed by atoms with van der Waals surface area (Å²) >= 11 is 1.68.